The van der Waals surface area contributed by atoms with E-state index in [-0.39, 0.29) is 6.10 Å². The van der Waals surface area contributed by atoms with Gasteiger partial charge in [-0.2, -0.15) is 0 Å². The summed E-state index contributed by atoms with van der Waals surface area (Å²) in [7, 11) is 1.53. The molecule has 0 bridgehead atoms. The van der Waals surface area contributed by atoms with Gasteiger partial charge in [-0.15, -0.1) is 11.3 Å². The number of pyridine rings is 1. The summed E-state index contributed by atoms with van der Waals surface area (Å²) in [6.07, 6.45) is 5.22. The number of hydrogen-bond donors (Lipinski definition) is 2. The summed E-state index contributed by atoms with van der Waals surface area (Å²) >= 11 is 1.23. The first-order valence-electron chi connectivity index (χ1n) is 11.9. The van der Waals surface area contributed by atoms with Crippen molar-refractivity contribution >= 4 is 39.1 Å². The molecule has 194 valence electrons. The third-order valence-corrected chi connectivity index (χ3v) is 6.87. The highest BCUT2D eigenvalue weighted by Gasteiger charge is 2.23. The van der Waals surface area contributed by atoms with Gasteiger partial charge in [-0.3, -0.25) is 4.79 Å². The molecule has 5 aromatic rings. The third-order valence-electron chi connectivity index (χ3n) is 5.74. The van der Waals surface area contributed by atoms with Crippen molar-refractivity contribution in [3.05, 3.63) is 65.3 Å². The van der Waals surface area contributed by atoms with E-state index < -0.39 is 5.91 Å². The van der Waals surface area contributed by atoms with Crippen LogP contribution in [0.15, 0.2) is 48.9 Å². The smallest absolute Gasteiger partial charge is 0.259 e. The zero-order valence-electron chi connectivity index (χ0n) is 21.6. The van der Waals surface area contributed by atoms with Gasteiger partial charge in [0.15, 0.2) is 0 Å². The molecule has 11 heteroatoms. The normalized spacial score (nSPS) is 11.2. The van der Waals surface area contributed by atoms with Gasteiger partial charge in [0, 0.05) is 29.6 Å². The maximum Gasteiger partial charge on any atom is 0.259 e. The zero-order chi connectivity index (χ0) is 27.0. The fraction of sp³-hybridized carbons (Fsp3) is 0.222. The third kappa shape index (κ3) is 4.75. The van der Waals surface area contributed by atoms with Crippen LogP contribution in [0, 0.1) is 13.8 Å². The van der Waals surface area contributed by atoms with E-state index in [1.807, 2.05) is 62.7 Å². The molecule has 0 radical (unpaired) electrons. The second-order valence-electron chi connectivity index (χ2n) is 8.91. The second-order valence-corrected chi connectivity index (χ2v) is 9.96. The van der Waals surface area contributed by atoms with Gasteiger partial charge in [0.2, 0.25) is 11.8 Å². The molecule has 1 amide bonds. The van der Waals surface area contributed by atoms with Crippen LogP contribution in [-0.2, 0) is 0 Å². The number of nitrogens with one attached hydrogen (secondary N) is 1. The molecular weight excluding hydrogens is 502 g/mol. The predicted molar refractivity (Wildman–Crippen MR) is 148 cm³/mol. The number of carbonyl (C=O) groups excluding carboxylic acids is 1. The lowest BCUT2D eigenvalue weighted by molar-refractivity contribution is 0.100. The monoisotopic (exact) mass is 529 g/mol. The number of carbonyl (C=O) groups is 1. The van der Waals surface area contributed by atoms with Gasteiger partial charge in [-0.05, 0) is 52.0 Å². The molecule has 4 aromatic heterocycles. The van der Waals surface area contributed by atoms with Crippen LogP contribution in [0.1, 0.15) is 35.0 Å². The molecule has 0 spiro atoms. The summed E-state index contributed by atoms with van der Waals surface area (Å²) in [5.74, 6) is 1.68. The average Bonchev–Trinajstić information content (AvgIpc) is 3.43. The van der Waals surface area contributed by atoms with Crippen molar-refractivity contribution in [2.45, 2.75) is 33.8 Å². The first-order valence-corrected chi connectivity index (χ1v) is 12.8. The Hall–Kier alpha value is -4.51. The summed E-state index contributed by atoms with van der Waals surface area (Å²) in [6, 6.07) is 9.44. The SMILES string of the molecule is COc1ncccc1-c1c(C(N)=O)sc2cnc(Nc3ccc(-n4cc(C)nc4C)cc3OC(C)C)nc12. The van der Waals surface area contributed by atoms with Crippen LogP contribution < -0.4 is 20.5 Å². The Kier molecular flexibility index (Phi) is 6.68. The van der Waals surface area contributed by atoms with Crippen LogP contribution in [-0.4, -0.2) is 43.6 Å². The minimum atomic E-state index is -0.559. The lowest BCUT2D eigenvalue weighted by Crippen LogP contribution is -2.10. The van der Waals surface area contributed by atoms with Gasteiger partial charge in [-0.1, -0.05) is 0 Å². The molecule has 0 saturated carbocycles. The molecule has 0 unspecified atom stereocenters. The summed E-state index contributed by atoms with van der Waals surface area (Å²) in [5, 5.41) is 3.28. The summed E-state index contributed by atoms with van der Waals surface area (Å²) in [6.45, 7) is 7.86. The molecule has 0 saturated heterocycles. The highest BCUT2D eigenvalue weighted by Crippen LogP contribution is 2.41. The molecule has 38 heavy (non-hydrogen) atoms. The van der Waals surface area contributed by atoms with E-state index >= 15 is 0 Å². The lowest BCUT2D eigenvalue weighted by atomic mass is 10.1. The zero-order valence-corrected chi connectivity index (χ0v) is 22.5. The molecule has 1 aromatic carbocycles. The summed E-state index contributed by atoms with van der Waals surface area (Å²) in [5.41, 5.74) is 10.0. The number of rotatable bonds is 8. The number of anilines is 2. The minimum Gasteiger partial charge on any atom is -0.489 e. The van der Waals surface area contributed by atoms with Crippen LogP contribution in [0.25, 0.3) is 27.0 Å². The number of ether oxygens (including phenoxy) is 2. The van der Waals surface area contributed by atoms with Crippen LogP contribution >= 0.6 is 11.3 Å². The number of hydrogen-bond acceptors (Lipinski definition) is 9. The van der Waals surface area contributed by atoms with E-state index in [1.54, 1.807) is 18.5 Å². The maximum absolute atomic E-state index is 12.3. The van der Waals surface area contributed by atoms with Crippen LogP contribution in [0.5, 0.6) is 11.6 Å². The summed E-state index contributed by atoms with van der Waals surface area (Å²) in [4.78, 5) is 30.7. The van der Waals surface area contributed by atoms with Crippen molar-refractivity contribution in [1.82, 2.24) is 24.5 Å². The number of aromatic nitrogens is 5. The van der Waals surface area contributed by atoms with Gasteiger partial charge < -0.3 is 25.1 Å². The van der Waals surface area contributed by atoms with Crippen molar-refractivity contribution in [3.8, 4) is 28.4 Å². The van der Waals surface area contributed by atoms with Gasteiger partial charge in [0.05, 0.1) is 46.7 Å². The Balaban J connectivity index is 1.60. The molecule has 0 fully saturated rings. The minimum absolute atomic E-state index is 0.0561. The molecule has 5 rings (SSSR count). The number of imidazole rings is 1. The number of primary amides is 1. The van der Waals surface area contributed by atoms with E-state index in [0.717, 1.165) is 17.2 Å². The number of fused-ring (bicyclic) bond motifs is 1. The summed E-state index contributed by atoms with van der Waals surface area (Å²) < 4.78 is 14.3. The predicted octanol–water partition coefficient (Wildman–Crippen LogP) is 5.19. The quantitative estimate of drug-likeness (QED) is 0.281. The van der Waals surface area contributed by atoms with E-state index in [2.05, 4.69) is 20.3 Å². The van der Waals surface area contributed by atoms with Gasteiger partial charge >= 0.3 is 0 Å². The highest BCUT2D eigenvalue weighted by molar-refractivity contribution is 7.21. The molecule has 0 aliphatic heterocycles. The van der Waals surface area contributed by atoms with Crippen molar-refractivity contribution in [2.24, 2.45) is 5.73 Å². The van der Waals surface area contributed by atoms with Gasteiger partial charge in [0.1, 0.15) is 16.5 Å². The lowest BCUT2D eigenvalue weighted by Gasteiger charge is -2.17. The molecule has 0 atom stereocenters. The first kappa shape index (κ1) is 25.2. The van der Waals surface area contributed by atoms with E-state index in [0.29, 0.717) is 49.5 Å². The number of methoxy groups -OCH3 is 1. The number of aryl methyl sites for hydroxylation is 2. The van der Waals surface area contributed by atoms with Crippen molar-refractivity contribution in [3.63, 3.8) is 0 Å². The highest BCUT2D eigenvalue weighted by atomic mass is 32.1. The number of nitrogens with two attached hydrogens (primary N) is 1. The molecule has 4 heterocycles. The van der Waals surface area contributed by atoms with E-state index in [9.17, 15) is 4.79 Å². The molecule has 3 N–H and O–H groups in total. The van der Waals surface area contributed by atoms with Crippen molar-refractivity contribution < 1.29 is 14.3 Å². The number of nitrogens with zero attached hydrogens (tertiary/aromatic N) is 5. The van der Waals surface area contributed by atoms with E-state index in [1.165, 1.54) is 18.4 Å². The molecule has 0 aliphatic rings. The average molecular weight is 530 g/mol. The Labute approximate surface area is 223 Å². The Morgan fingerprint density at radius 1 is 1.16 bits per heavy atom. The molecule has 10 nitrogen and oxygen atoms in total. The number of benzene rings is 1. The van der Waals surface area contributed by atoms with Crippen molar-refractivity contribution in [1.29, 1.82) is 0 Å². The Morgan fingerprint density at radius 3 is 2.66 bits per heavy atom. The number of thiophene rings is 1. The molecular formula is C27H27N7O3S. The fourth-order valence-corrected chi connectivity index (χ4v) is 5.22. The van der Waals surface area contributed by atoms with Crippen LogP contribution in [0.3, 0.4) is 0 Å². The Morgan fingerprint density at radius 2 is 1.97 bits per heavy atom. The largest absolute Gasteiger partial charge is 0.489 e. The van der Waals surface area contributed by atoms with Crippen LogP contribution in [0.4, 0.5) is 11.6 Å². The topological polar surface area (TPSA) is 130 Å². The standard InChI is InChI=1S/C27H27N7O3S/c1-14(2)37-20-11-17(34-13-15(3)31-16(34)4)8-9-19(20)32-27-30-12-21-23(33-27)22(24(38-21)25(28)35)18-7-6-10-29-26(18)36-5/h6-14H,1-5H3,(H2,28,35)(H,30,32,33). The van der Waals surface area contributed by atoms with Crippen LogP contribution in [0.2, 0.25) is 0 Å². The fourth-order valence-electron chi connectivity index (χ4n) is 4.24. The van der Waals surface area contributed by atoms with E-state index in [4.69, 9.17) is 20.2 Å². The van der Waals surface area contributed by atoms with Gasteiger partial charge in [-0.25, -0.2) is 19.9 Å². The van der Waals surface area contributed by atoms with Gasteiger partial charge in [0.25, 0.3) is 5.91 Å². The maximum atomic E-state index is 12.3. The molecule has 0 aliphatic carbocycles. The second kappa shape index (κ2) is 10.1. The first-order chi connectivity index (χ1) is 18.2. The Bertz CT molecular complexity index is 1660. The number of amides is 1. The van der Waals surface area contributed by atoms with Crippen molar-refractivity contribution in [2.75, 3.05) is 12.4 Å².